The van der Waals surface area contributed by atoms with Gasteiger partial charge in [0.25, 0.3) is 0 Å². The normalized spacial score (nSPS) is 11.6. The maximum Gasteiger partial charge on any atom is -0.0771 e. The minimum Gasteiger partial charge on any atom is -0.126 e. The van der Waals surface area contributed by atoms with Crippen molar-refractivity contribution in [3.63, 3.8) is 0 Å². The first-order chi connectivity index (χ1) is 16.8. The minimum atomic E-state index is 1.01. The molecule has 6 rings (SSSR count). The zero-order chi connectivity index (χ0) is 23.4. The van der Waals surface area contributed by atoms with Crippen molar-refractivity contribution >= 4 is 24.8 Å². The zero-order valence-electron chi connectivity index (χ0n) is 19.3. The van der Waals surface area contributed by atoms with E-state index in [-0.39, 0.29) is 0 Å². The molecule has 0 radical (unpaired) electrons. The smallest absolute Gasteiger partial charge is 0.0771 e. The number of hydrogen-bond donors (Lipinski definition) is 0. The number of hydrogen-bond acceptors (Lipinski definition) is 0. The molecule has 0 aromatic heterocycles. The summed E-state index contributed by atoms with van der Waals surface area (Å²) in [6, 6.07) is 40.7. The maximum absolute atomic E-state index is 2.99. The summed E-state index contributed by atoms with van der Waals surface area (Å²) in [6.45, 7) is 0. The third-order valence-electron chi connectivity index (χ3n) is 5.63. The Bertz CT molecular complexity index is 1270. The van der Waals surface area contributed by atoms with E-state index < -0.39 is 0 Å². The first kappa shape index (κ1) is 24.1. The molecule has 0 amide bonds. The summed E-state index contributed by atoms with van der Waals surface area (Å²) in [7, 11) is 0. The van der Waals surface area contributed by atoms with Gasteiger partial charge in [0.2, 0.25) is 0 Å². The van der Waals surface area contributed by atoms with Gasteiger partial charge in [-0.15, -0.1) is 46.2 Å². The van der Waals surface area contributed by atoms with Gasteiger partial charge < -0.3 is 0 Å². The average Bonchev–Trinajstić information content (AvgIpc) is 3.58. The minimum absolute atomic E-state index is 1.01. The summed E-state index contributed by atoms with van der Waals surface area (Å²) < 4.78 is 1.60. The van der Waals surface area contributed by atoms with E-state index in [1.54, 1.807) is 27.4 Å². The van der Waals surface area contributed by atoms with Crippen molar-refractivity contribution in [1.29, 1.82) is 0 Å². The molecule has 1 aliphatic rings. The quantitative estimate of drug-likeness (QED) is 0.212. The molecule has 34 heavy (non-hydrogen) atoms. The summed E-state index contributed by atoms with van der Waals surface area (Å²) in [4.78, 5) is 0. The molecule has 0 unspecified atom stereocenters. The molecule has 0 bridgehead atoms. The van der Waals surface area contributed by atoms with Crippen molar-refractivity contribution in [2.24, 2.45) is 0 Å². The molecule has 0 atom stereocenters. The molecule has 5 aromatic rings. The van der Waals surface area contributed by atoms with Crippen LogP contribution in [0.2, 0.25) is 0 Å². The van der Waals surface area contributed by atoms with Crippen LogP contribution in [0.5, 0.6) is 0 Å². The second-order valence-electron chi connectivity index (χ2n) is 8.25. The molecule has 0 saturated heterocycles. The van der Waals surface area contributed by atoms with Crippen LogP contribution >= 0.6 is 0 Å². The Morgan fingerprint density at radius 3 is 1.53 bits per heavy atom. The average molecular weight is 516 g/mol. The molecule has 0 saturated carbocycles. The number of allylic oxidation sites excluding steroid dienone is 4. The van der Waals surface area contributed by atoms with Gasteiger partial charge in [0, 0.05) is 0 Å². The van der Waals surface area contributed by atoms with Crippen molar-refractivity contribution in [3.8, 4) is 0 Å². The molecular weight excluding hydrogens is 488 g/mol. The number of benzene rings is 4. The van der Waals surface area contributed by atoms with E-state index in [9.17, 15) is 0 Å². The van der Waals surface area contributed by atoms with Gasteiger partial charge in [-0.3, -0.25) is 6.08 Å². The third kappa shape index (κ3) is 7.24. The first-order valence-corrected chi connectivity index (χ1v) is 12.9. The monoisotopic (exact) mass is 514 g/mol. The van der Waals surface area contributed by atoms with Crippen molar-refractivity contribution in [3.05, 3.63) is 151 Å². The summed E-state index contributed by atoms with van der Waals surface area (Å²) in [6.07, 6.45) is 12.2. The largest absolute Gasteiger partial charge is 0.126 e. The predicted octanol–water partition coefficient (Wildman–Crippen LogP) is 8.21. The van der Waals surface area contributed by atoms with Gasteiger partial charge in [0.05, 0.1) is 0 Å². The van der Waals surface area contributed by atoms with Crippen molar-refractivity contribution in [2.75, 3.05) is 0 Å². The standard InChI is InChI=1S/C15H14.C13H9.C5H5.Zr/c1-3-8-14(9-4-1)12-7-13-15-10-5-2-6-11-15;1-3-7-12-10(5-1)9-11-6-2-4-8-13(11)12;1-2-4-5-3-1;/h1-6,8-11H,12-13H2;1-9H;1-3H,4H2;/q;2*-1;+2. The summed E-state index contributed by atoms with van der Waals surface area (Å²) in [5.74, 6) is 0. The molecule has 5 aromatic carbocycles. The molecule has 0 aliphatic heterocycles. The van der Waals surface area contributed by atoms with Crippen molar-refractivity contribution in [2.45, 2.75) is 19.3 Å². The van der Waals surface area contributed by atoms with Gasteiger partial charge >= 0.3 is 112 Å². The molecule has 0 spiro atoms. The third-order valence-corrected chi connectivity index (χ3v) is 6.50. The van der Waals surface area contributed by atoms with Crippen LogP contribution in [0.25, 0.3) is 21.5 Å². The van der Waals surface area contributed by atoms with E-state index >= 15 is 0 Å². The van der Waals surface area contributed by atoms with Gasteiger partial charge in [-0.2, -0.15) is 6.08 Å². The number of rotatable bonds is 4. The second-order valence-corrected chi connectivity index (χ2v) is 9.99. The Labute approximate surface area is 218 Å². The van der Waals surface area contributed by atoms with Crippen LogP contribution in [-0.4, -0.2) is 3.21 Å². The second kappa shape index (κ2) is 13.0. The molecule has 0 nitrogen and oxygen atoms in total. The Hall–Kier alpha value is -3.02. The van der Waals surface area contributed by atoms with Crippen LogP contribution in [0.15, 0.2) is 133 Å². The van der Waals surface area contributed by atoms with Crippen LogP contribution < -0.4 is 0 Å². The molecular formula is C33H28Zr. The molecule has 1 aliphatic carbocycles. The summed E-state index contributed by atoms with van der Waals surface area (Å²) in [5.41, 5.74) is 2.84. The summed E-state index contributed by atoms with van der Waals surface area (Å²) >= 11 is 1.55. The zero-order valence-corrected chi connectivity index (χ0v) is 21.8. The Morgan fingerprint density at radius 1 is 0.647 bits per heavy atom. The van der Waals surface area contributed by atoms with Gasteiger partial charge in [-0.25, -0.2) is 12.2 Å². The van der Waals surface area contributed by atoms with E-state index in [2.05, 4.69) is 127 Å². The van der Waals surface area contributed by atoms with Crippen LogP contribution in [0, 0.1) is 6.08 Å². The molecule has 164 valence electrons. The first-order valence-electron chi connectivity index (χ1n) is 11.7. The molecule has 0 fully saturated rings. The van der Waals surface area contributed by atoms with E-state index in [0.29, 0.717) is 0 Å². The van der Waals surface area contributed by atoms with Crippen LogP contribution in [0.1, 0.15) is 17.5 Å². The van der Waals surface area contributed by atoms with E-state index in [0.717, 1.165) is 19.3 Å². The van der Waals surface area contributed by atoms with E-state index in [1.165, 1.54) is 32.7 Å². The Kier molecular flexibility index (Phi) is 9.24. The van der Waals surface area contributed by atoms with Crippen LogP contribution in [-0.2, 0) is 37.1 Å². The van der Waals surface area contributed by atoms with Gasteiger partial charge in [0.15, 0.2) is 0 Å². The Balaban J connectivity index is 0.000000136. The fraction of sp³-hybridized carbons (Fsp3) is 0.0909. The fourth-order valence-corrected chi connectivity index (χ4v) is 4.99. The Morgan fingerprint density at radius 2 is 1.12 bits per heavy atom. The van der Waals surface area contributed by atoms with Crippen LogP contribution in [0.3, 0.4) is 0 Å². The number of fused-ring (bicyclic) bond motifs is 3. The maximum atomic E-state index is 2.99. The predicted molar refractivity (Wildman–Crippen MR) is 144 cm³/mol. The summed E-state index contributed by atoms with van der Waals surface area (Å²) in [5, 5.41) is 5.39. The SMILES string of the molecule is [C-]1=CC=CC1.[Zr+2]=[C](Cc1ccccc1)Cc1ccccc1.c1ccc2c(c1)[cH-]c1ccccc12. The van der Waals surface area contributed by atoms with Crippen molar-refractivity contribution in [1.82, 2.24) is 0 Å². The van der Waals surface area contributed by atoms with Crippen LogP contribution in [0.4, 0.5) is 0 Å². The molecule has 0 N–H and O–H groups in total. The van der Waals surface area contributed by atoms with Gasteiger partial charge in [0.1, 0.15) is 0 Å². The molecule has 0 heterocycles. The van der Waals surface area contributed by atoms with Crippen molar-refractivity contribution < 1.29 is 24.2 Å². The van der Waals surface area contributed by atoms with E-state index in [1.807, 2.05) is 12.2 Å². The fourth-order valence-electron chi connectivity index (χ4n) is 3.99. The van der Waals surface area contributed by atoms with Gasteiger partial charge in [-0.1, -0.05) is 36.4 Å². The topological polar surface area (TPSA) is 0 Å². The molecule has 1 heteroatoms. The van der Waals surface area contributed by atoms with E-state index in [4.69, 9.17) is 0 Å². The van der Waals surface area contributed by atoms with Gasteiger partial charge in [-0.05, 0) is 0 Å².